The molecule has 0 amide bonds. The lowest BCUT2D eigenvalue weighted by Gasteiger charge is -2.26. The van der Waals surface area contributed by atoms with E-state index in [2.05, 4.69) is 54.4 Å². The third-order valence-electron chi connectivity index (χ3n) is 1.82. The predicted octanol–water partition coefficient (Wildman–Crippen LogP) is 4.35. The normalized spacial score (nSPS) is 12.7. The molecular formula is C12H11Br3O3. The lowest BCUT2D eigenvalue weighted by atomic mass is 10.3. The van der Waals surface area contributed by atoms with Crippen LogP contribution in [0.2, 0.25) is 0 Å². The summed E-state index contributed by atoms with van der Waals surface area (Å²) in [7, 11) is 0. The molecule has 0 bridgehead atoms. The van der Waals surface area contributed by atoms with Gasteiger partial charge in [0.1, 0.15) is 5.75 Å². The maximum Gasteiger partial charge on any atom is 0.335 e. The van der Waals surface area contributed by atoms with Crippen LogP contribution in [0.3, 0.4) is 0 Å². The predicted molar refractivity (Wildman–Crippen MR) is 81.3 cm³/mol. The number of rotatable bonds is 5. The number of hydrogen-bond donors (Lipinski definition) is 0. The van der Waals surface area contributed by atoms with Gasteiger partial charge < -0.3 is 9.47 Å². The van der Waals surface area contributed by atoms with Crippen molar-refractivity contribution in [1.82, 2.24) is 0 Å². The van der Waals surface area contributed by atoms with Crippen molar-refractivity contribution < 1.29 is 14.3 Å². The molecule has 0 aromatic heterocycles. The first kappa shape index (κ1) is 15.7. The van der Waals surface area contributed by atoms with Crippen LogP contribution in [-0.2, 0) is 9.53 Å². The third-order valence-corrected chi connectivity index (χ3v) is 5.04. The molecule has 1 aromatic carbocycles. The van der Waals surface area contributed by atoms with Crippen molar-refractivity contribution in [2.75, 3.05) is 0 Å². The number of carbonyl (C=O) groups is 1. The minimum Gasteiger partial charge on any atom is -0.473 e. The topological polar surface area (TPSA) is 35.5 Å². The van der Waals surface area contributed by atoms with Crippen molar-refractivity contribution in [1.29, 1.82) is 0 Å². The summed E-state index contributed by atoms with van der Waals surface area (Å²) in [6.07, 6.45) is 0. The van der Waals surface area contributed by atoms with Gasteiger partial charge in [0.05, 0.1) is 0 Å². The van der Waals surface area contributed by atoms with Crippen LogP contribution in [0.5, 0.6) is 5.75 Å². The van der Waals surface area contributed by atoms with Gasteiger partial charge in [0.15, 0.2) is 0 Å². The van der Waals surface area contributed by atoms with E-state index in [1.165, 1.54) is 0 Å². The van der Waals surface area contributed by atoms with Crippen LogP contribution in [-0.4, -0.2) is 14.4 Å². The zero-order valence-electron chi connectivity index (χ0n) is 9.53. The van der Waals surface area contributed by atoms with Gasteiger partial charge in [-0.25, -0.2) is 4.79 Å². The highest BCUT2D eigenvalue weighted by Crippen LogP contribution is 2.38. The van der Waals surface area contributed by atoms with Crippen molar-refractivity contribution in [3.8, 4) is 5.75 Å². The summed E-state index contributed by atoms with van der Waals surface area (Å²) >= 11 is 9.76. The second kappa shape index (κ2) is 6.73. The summed E-state index contributed by atoms with van der Waals surface area (Å²) in [6.45, 7) is 5.08. The Bertz CT molecular complexity index is 431. The van der Waals surface area contributed by atoms with Crippen LogP contribution >= 0.6 is 47.8 Å². The molecule has 0 aliphatic carbocycles. The van der Waals surface area contributed by atoms with Crippen LogP contribution < -0.4 is 4.74 Å². The summed E-state index contributed by atoms with van der Waals surface area (Å²) in [4.78, 5) is 11.5. The zero-order chi connectivity index (χ0) is 13.8. The monoisotopic (exact) mass is 440 g/mol. The molecule has 0 saturated heterocycles. The summed E-state index contributed by atoms with van der Waals surface area (Å²) in [5.74, 6) is 0.124. The molecule has 0 N–H and O–H groups in total. The number of para-hydroxylation sites is 1. The van der Waals surface area contributed by atoms with Gasteiger partial charge in [0, 0.05) is 5.57 Å². The van der Waals surface area contributed by atoms with E-state index in [1.807, 2.05) is 18.2 Å². The van der Waals surface area contributed by atoms with Gasteiger partial charge in [-0.05, 0) is 66.8 Å². The van der Waals surface area contributed by atoms with Crippen LogP contribution in [0.15, 0.2) is 42.5 Å². The molecule has 0 aliphatic heterocycles. The van der Waals surface area contributed by atoms with E-state index in [0.29, 0.717) is 11.3 Å². The Balaban J connectivity index is 2.67. The number of benzene rings is 1. The molecule has 3 nitrogen and oxygen atoms in total. The number of hydrogen-bond acceptors (Lipinski definition) is 3. The lowest BCUT2D eigenvalue weighted by Crippen LogP contribution is -2.35. The number of carbonyl (C=O) groups excluding carboxylic acids is 1. The van der Waals surface area contributed by atoms with Crippen LogP contribution in [0.1, 0.15) is 6.92 Å². The maximum atomic E-state index is 11.5. The van der Waals surface area contributed by atoms with Crippen molar-refractivity contribution in [2.24, 2.45) is 0 Å². The summed E-state index contributed by atoms with van der Waals surface area (Å²) in [5, 5.41) is -0.615. The molecule has 1 rings (SSSR count). The Hall–Kier alpha value is -0.330. The highest BCUT2D eigenvalue weighted by molar-refractivity contribution is 9.26. The number of ether oxygens (including phenoxy) is 2. The average molecular weight is 443 g/mol. The summed E-state index contributed by atoms with van der Waals surface area (Å²) in [5.41, 5.74) is 0.303. The minimum absolute atomic E-state index is 0.303. The Morgan fingerprint density at radius 3 is 2.39 bits per heavy atom. The van der Waals surface area contributed by atoms with Gasteiger partial charge >= 0.3 is 5.97 Å². The molecule has 6 heteroatoms. The van der Waals surface area contributed by atoms with Crippen molar-refractivity contribution in [3.63, 3.8) is 0 Å². The molecule has 0 aliphatic rings. The van der Waals surface area contributed by atoms with Gasteiger partial charge in [-0.1, -0.05) is 24.8 Å². The molecule has 0 heterocycles. The van der Waals surface area contributed by atoms with Gasteiger partial charge in [0.25, 0.3) is 3.42 Å². The number of halogens is 3. The second-order valence-corrected chi connectivity index (χ2v) is 7.73. The Kier molecular flexibility index (Phi) is 5.88. The highest BCUT2D eigenvalue weighted by Gasteiger charge is 2.38. The fourth-order valence-electron chi connectivity index (χ4n) is 0.944. The van der Waals surface area contributed by atoms with Crippen molar-refractivity contribution in [3.05, 3.63) is 42.5 Å². The third kappa shape index (κ3) is 4.74. The molecule has 18 heavy (non-hydrogen) atoms. The van der Waals surface area contributed by atoms with Crippen LogP contribution in [0, 0.1) is 0 Å². The van der Waals surface area contributed by atoms with Crippen molar-refractivity contribution in [2.45, 2.75) is 15.4 Å². The van der Waals surface area contributed by atoms with E-state index in [0.717, 1.165) is 0 Å². The maximum absolute atomic E-state index is 11.5. The van der Waals surface area contributed by atoms with Gasteiger partial charge in [0.2, 0.25) is 5.01 Å². The van der Waals surface area contributed by atoms with Gasteiger partial charge in [-0.15, -0.1) is 0 Å². The van der Waals surface area contributed by atoms with Crippen LogP contribution in [0.4, 0.5) is 0 Å². The molecule has 0 radical (unpaired) electrons. The standard InChI is InChI=1S/C12H11Br3O3/c1-8(2)10(16)18-12(14,15)11(13)17-9-6-4-3-5-7-9/h3-7,11H,1H2,2H3. The van der Waals surface area contributed by atoms with Crippen LogP contribution in [0.25, 0.3) is 0 Å². The van der Waals surface area contributed by atoms with E-state index in [4.69, 9.17) is 9.47 Å². The van der Waals surface area contributed by atoms with Crippen molar-refractivity contribution >= 4 is 53.8 Å². The summed E-state index contributed by atoms with van der Waals surface area (Å²) in [6, 6.07) is 9.17. The Labute approximate surface area is 131 Å². The highest BCUT2D eigenvalue weighted by atomic mass is 79.9. The molecule has 1 atom stereocenters. The molecule has 1 unspecified atom stereocenters. The van der Waals surface area contributed by atoms with E-state index in [-0.39, 0.29) is 0 Å². The average Bonchev–Trinajstić information content (AvgIpc) is 2.29. The molecular weight excluding hydrogens is 432 g/mol. The Morgan fingerprint density at radius 1 is 1.33 bits per heavy atom. The summed E-state index contributed by atoms with van der Waals surface area (Å²) < 4.78 is 9.56. The first-order chi connectivity index (χ1) is 8.33. The Morgan fingerprint density at radius 2 is 1.89 bits per heavy atom. The van der Waals surface area contributed by atoms with E-state index < -0.39 is 14.4 Å². The number of alkyl halides is 3. The fraction of sp³-hybridized carbons (Fsp3) is 0.250. The van der Waals surface area contributed by atoms with E-state index in [9.17, 15) is 4.79 Å². The molecule has 0 saturated carbocycles. The largest absolute Gasteiger partial charge is 0.473 e. The molecule has 1 aromatic rings. The van der Waals surface area contributed by atoms with E-state index in [1.54, 1.807) is 19.1 Å². The minimum atomic E-state index is -1.17. The van der Waals surface area contributed by atoms with E-state index >= 15 is 0 Å². The van der Waals surface area contributed by atoms with Gasteiger partial charge in [-0.3, -0.25) is 0 Å². The van der Waals surface area contributed by atoms with Gasteiger partial charge in [-0.2, -0.15) is 0 Å². The zero-order valence-corrected chi connectivity index (χ0v) is 14.3. The second-order valence-electron chi connectivity index (χ2n) is 3.48. The quantitative estimate of drug-likeness (QED) is 0.386. The fourth-order valence-corrected chi connectivity index (χ4v) is 1.73. The smallest absolute Gasteiger partial charge is 0.335 e. The molecule has 0 fully saturated rings. The molecule has 0 spiro atoms. The molecule has 98 valence electrons. The SMILES string of the molecule is C=C(C)C(=O)OC(Br)(Br)C(Br)Oc1ccccc1. The number of esters is 1. The first-order valence-corrected chi connectivity index (χ1v) is 7.45. The lowest BCUT2D eigenvalue weighted by molar-refractivity contribution is -0.142. The first-order valence-electron chi connectivity index (χ1n) is 4.95.